The summed E-state index contributed by atoms with van der Waals surface area (Å²) in [6.45, 7) is 1.26. The molecule has 1 saturated heterocycles. The summed E-state index contributed by atoms with van der Waals surface area (Å²) >= 11 is 5.98. The largest absolute Gasteiger partial charge is 0.381 e. The molecule has 7 heteroatoms. The Bertz CT molecular complexity index is 559. The van der Waals surface area contributed by atoms with Crippen molar-refractivity contribution >= 4 is 29.1 Å². The fourth-order valence-electron chi connectivity index (χ4n) is 2.43. The predicted molar refractivity (Wildman–Crippen MR) is 85.0 cm³/mol. The van der Waals surface area contributed by atoms with Crippen LogP contribution < -0.4 is 16.4 Å². The number of nitrogens with one attached hydrogen (secondary N) is 2. The van der Waals surface area contributed by atoms with Crippen LogP contribution in [0.25, 0.3) is 0 Å². The van der Waals surface area contributed by atoms with Crippen molar-refractivity contribution in [1.29, 1.82) is 0 Å². The Kier molecular flexibility index (Phi) is 5.76. The summed E-state index contributed by atoms with van der Waals surface area (Å²) in [5.41, 5.74) is 6.82. The molecule has 1 aromatic carbocycles. The highest BCUT2D eigenvalue weighted by Crippen LogP contribution is 2.22. The molecule has 1 heterocycles. The van der Waals surface area contributed by atoms with Crippen LogP contribution in [0.15, 0.2) is 18.2 Å². The Morgan fingerprint density at radius 1 is 1.36 bits per heavy atom. The molecule has 2 amide bonds. The first-order valence-electron chi connectivity index (χ1n) is 7.18. The maximum absolute atomic E-state index is 12.2. The molecule has 22 heavy (non-hydrogen) atoms. The highest BCUT2D eigenvalue weighted by atomic mass is 35.5. The van der Waals surface area contributed by atoms with Gasteiger partial charge in [0.05, 0.1) is 16.6 Å². The van der Waals surface area contributed by atoms with E-state index < -0.39 is 6.04 Å². The van der Waals surface area contributed by atoms with Crippen LogP contribution in [-0.4, -0.2) is 38.1 Å². The van der Waals surface area contributed by atoms with Crippen LogP contribution in [0.1, 0.15) is 23.2 Å². The standard InChI is InChI=1S/C15H20ClN3O3/c1-18-14(20)11-8-10(2-3-12(11)16)19-15(21)13(17)9-4-6-22-7-5-9/h2-3,8-9,13H,4-7,17H2,1H3,(H,18,20)(H,19,21). The lowest BCUT2D eigenvalue weighted by molar-refractivity contribution is -0.119. The van der Waals surface area contributed by atoms with Gasteiger partial charge in [0.1, 0.15) is 0 Å². The van der Waals surface area contributed by atoms with E-state index in [0.29, 0.717) is 29.5 Å². The van der Waals surface area contributed by atoms with E-state index in [0.717, 1.165) is 12.8 Å². The van der Waals surface area contributed by atoms with Crippen molar-refractivity contribution < 1.29 is 14.3 Å². The first kappa shape index (κ1) is 16.7. The molecular weight excluding hydrogens is 306 g/mol. The number of carbonyl (C=O) groups excluding carboxylic acids is 2. The summed E-state index contributed by atoms with van der Waals surface area (Å²) in [5, 5.41) is 5.57. The number of benzene rings is 1. The number of anilines is 1. The van der Waals surface area contributed by atoms with Crippen molar-refractivity contribution in [1.82, 2.24) is 5.32 Å². The lowest BCUT2D eigenvalue weighted by Gasteiger charge is -2.26. The van der Waals surface area contributed by atoms with Crippen LogP contribution in [0.4, 0.5) is 5.69 Å². The van der Waals surface area contributed by atoms with Crippen molar-refractivity contribution in [2.24, 2.45) is 11.7 Å². The number of hydrogen-bond acceptors (Lipinski definition) is 4. The SMILES string of the molecule is CNC(=O)c1cc(NC(=O)C(N)C2CCOCC2)ccc1Cl. The Morgan fingerprint density at radius 3 is 2.68 bits per heavy atom. The quantitative estimate of drug-likeness (QED) is 0.780. The fourth-order valence-corrected chi connectivity index (χ4v) is 2.63. The first-order chi connectivity index (χ1) is 10.5. The van der Waals surface area contributed by atoms with Gasteiger partial charge in [0.2, 0.25) is 5.91 Å². The van der Waals surface area contributed by atoms with Crippen LogP contribution in [0.2, 0.25) is 5.02 Å². The van der Waals surface area contributed by atoms with Gasteiger partial charge in [-0.1, -0.05) is 11.6 Å². The molecule has 6 nitrogen and oxygen atoms in total. The van der Waals surface area contributed by atoms with Crippen LogP contribution in [0.5, 0.6) is 0 Å². The van der Waals surface area contributed by atoms with Crippen LogP contribution in [0.3, 0.4) is 0 Å². The third-order valence-corrected chi connectivity index (χ3v) is 4.11. The molecule has 0 spiro atoms. The molecule has 0 aliphatic carbocycles. The summed E-state index contributed by atoms with van der Waals surface area (Å²) < 4.78 is 5.27. The number of halogens is 1. The molecule has 1 fully saturated rings. The molecule has 1 aromatic rings. The van der Waals surface area contributed by atoms with E-state index in [1.165, 1.54) is 13.1 Å². The molecule has 0 aromatic heterocycles. The summed E-state index contributed by atoms with van der Waals surface area (Å²) in [6, 6.07) is 4.16. The van der Waals surface area contributed by atoms with E-state index in [9.17, 15) is 9.59 Å². The number of rotatable bonds is 4. The normalized spacial score (nSPS) is 16.9. The molecule has 1 unspecified atom stereocenters. The third kappa shape index (κ3) is 3.97. The minimum absolute atomic E-state index is 0.111. The van der Waals surface area contributed by atoms with Gasteiger partial charge in [-0.2, -0.15) is 0 Å². The maximum atomic E-state index is 12.2. The zero-order chi connectivity index (χ0) is 16.1. The van der Waals surface area contributed by atoms with E-state index in [1.54, 1.807) is 12.1 Å². The van der Waals surface area contributed by atoms with Crippen molar-refractivity contribution in [2.45, 2.75) is 18.9 Å². The topological polar surface area (TPSA) is 93.5 Å². The number of amides is 2. The second-order valence-electron chi connectivity index (χ2n) is 5.24. The Hall–Kier alpha value is -1.63. The zero-order valence-corrected chi connectivity index (χ0v) is 13.2. The second-order valence-corrected chi connectivity index (χ2v) is 5.65. The van der Waals surface area contributed by atoms with Gasteiger partial charge in [-0.05, 0) is 37.0 Å². The minimum atomic E-state index is -0.594. The molecule has 1 aliphatic heterocycles. The van der Waals surface area contributed by atoms with Crippen molar-refractivity contribution in [2.75, 3.05) is 25.6 Å². The summed E-state index contributed by atoms with van der Waals surface area (Å²) in [6.07, 6.45) is 1.55. The molecule has 120 valence electrons. The average Bonchev–Trinajstić information content (AvgIpc) is 2.55. The van der Waals surface area contributed by atoms with Gasteiger partial charge in [-0.15, -0.1) is 0 Å². The smallest absolute Gasteiger partial charge is 0.252 e. The second kappa shape index (κ2) is 7.58. The molecule has 0 saturated carbocycles. The molecule has 2 rings (SSSR count). The van der Waals surface area contributed by atoms with Gasteiger partial charge in [-0.25, -0.2) is 0 Å². The summed E-state index contributed by atoms with van der Waals surface area (Å²) in [4.78, 5) is 23.9. The molecular formula is C15H20ClN3O3. The van der Waals surface area contributed by atoms with Crippen molar-refractivity contribution in [3.8, 4) is 0 Å². The Morgan fingerprint density at radius 2 is 2.05 bits per heavy atom. The van der Waals surface area contributed by atoms with Gasteiger partial charge in [-0.3, -0.25) is 9.59 Å². The maximum Gasteiger partial charge on any atom is 0.252 e. The average molecular weight is 326 g/mol. The number of nitrogens with two attached hydrogens (primary N) is 1. The molecule has 0 radical (unpaired) electrons. The number of carbonyl (C=O) groups is 2. The predicted octanol–water partition coefficient (Wildman–Crippen LogP) is 1.39. The van der Waals surface area contributed by atoms with Gasteiger partial charge in [0, 0.05) is 25.9 Å². The number of ether oxygens (including phenoxy) is 1. The fraction of sp³-hybridized carbons (Fsp3) is 0.467. The first-order valence-corrected chi connectivity index (χ1v) is 7.56. The highest BCUT2D eigenvalue weighted by molar-refractivity contribution is 6.34. The zero-order valence-electron chi connectivity index (χ0n) is 12.4. The summed E-state index contributed by atoms with van der Waals surface area (Å²) in [7, 11) is 1.52. The van der Waals surface area contributed by atoms with E-state index in [2.05, 4.69) is 10.6 Å². The van der Waals surface area contributed by atoms with Crippen molar-refractivity contribution in [3.63, 3.8) is 0 Å². The van der Waals surface area contributed by atoms with Crippen LogP contribution in [-0.2, 0) is 9.53 Å². The third-order valence-electron chi connectivity index (χ3n) is 3.78. The van der Waals surface area contributed by atoms with Crippen LogP contribution in [0, 0.1) is 5.92 Å². The molecule has 1 aliphatic rings. The van der Waals surface area contributed by atoms with Gasteiger partial charge in [0.25, 0.3) is 5.91 Å². The van der Waals surface area contributed by atoms with E-state index in [4.69, 9.17) is 22.1 Å². The summed E-state index contributed by atoms with van der Waals surface area (Å²) in [5.74, 6) is -0.466. The highest BCUT2D eigenvalue weighted by Gasteiger charge is 2.26. The Labute approximate surface area is 134 Å². The monoisotopic (exact) mass is 325 g/mol. The lowest BCUT2D eigenvalue weighted by Crippen LogP contribution is -2.44. The van der Waals surface area contributed by atoms with Crippen LogP contribution >= 0.6 is 11.6 Å². The van der Waals surface area contributed by atoms with E-state index in [-0.39, 0.29) is 17.7 Å². The molecule has 4 N–H and O–H groups in total. The molecule has 0 bridgehead atoms. The lowest BCUT2D eigenvalue weighted by atomic mass is 9.92. The van der Waals surface area contributed by atoms with E-state index >= 15 is 0 Å². The van der Waals surface area contributed by atoms with E-state index in [1.807, 2.05) is 0 Å². The number of hydrogen-bond donors (Lipinski definition) is 3. The Balaban J connectivity index is 2.06. The van der Waals surface area contributed by atoms with Gasteiger partial charge in [0.15, 0.2) is 0 Å². The van der Waals surface area contributed by atoms with Crippen molar-refractivity contribution in [3.05, 3.63) is 28.8 Å². The van der Waals surface area contributed by atoms with Gasteiger partial charge >= 0.3 is 0 Å². The molecule has 1 atom stereocenters. The van der Waals surface area contributed by atoms with Gasteiger partial charge < -0.3 is 21.1 Å². The minimum Gasteiger partial charge on any atom is -0.381 e.